The molecule has 0 aliphatic carbocycles. The minimum atomic E-state index is -0.821. The van der Waals surface area contributed by atoms with Gasteiger partial charge in [-0.15, -0.1) is 11.3 Å². The molecule has 8 nitrogen and oxygen atoms in total. The van der Waals surface area contributed by atoms with Gasteiger partial charge in [-0.2, -0.15) is 0 Å². The van der Waals surface area contributed by atoms with E-state index in [1.807, 2.05) is 41.8 Å². The fourth-order valence-corrected chi connectivity index (χ4v) is 4.99. The molecule has 1 atom stereocenters. The van der Waals surface area contributed by atoms with Crippen molar-refractivity contribution in [1.29, 1.82) is 0 Å². The van der Waals surface area contributed by atoms with Crippen LogP contribution >= 0.6 is 11.3 Å². The molecule has 4 aromatic rings. The maximum atomic E-state index is 13.2. The fraction of sp³-hybridized carbons (Fsp3) is 0.125. The van der Waals surface area contributed by atoms with Gasteiger partial charge in [-0.25, -0.2) is 4.98 Å². The number of Topliss-reactive ketones (excluding diaryl/α,β-unsaturated/α-hetero) is 1. The Labute approximate surface area is 191 Å². The zero-order valence-electron chi connectivity index (χ0n) is 17.1. The third-order valence-electron chi connectivity index (χ3n) is 5.68. The molecular weight excluding hydrogens is 442 g/mol. The molecule has 0 bridgehead atoms. The third-order valence-corrected chi connectivity index (χ3v) is 6.60. The van der Waals surface area contributed by atoms with Gasteiger partial charge in [-0.05, 0) is 41.8 Å². The number of para-hydroxylation sites is 2. The SMILES string of the molecule is O=C1C(=O)N(c2nc3ccccc3[nH]2)C(c2cccs2)/C1=C(\O)c1ccc2c(c1)OCCO2. The second kappa shape index (κ2) is 7.49. The van der Waals surface area contributed by atoms with Crippen LogP contribution in [0.2, 0.25) is 0 Å². The van der Waals surface area contributed by atoms with Crippen LogP contribution in [0, 0.1) is 0 Å². The summed E-state index contributed by atoms with van der Waals surface area (Å²) in [5.74, 6) is -0.520. The van der Waals surface area contributed by atoms with E-state index in [1.165, 1.54) is 16.2 Å². The van der Waals surface area contributed by atoms with E-state index < -0.39 is 17.7 Å². The summed E-state index contributed by atoms with van der Waals surface area (Å²) in [6, 6.07) is 15.2. The molecule has 2 aliphatic heterocycles. The van der Waals surface area contributed by atoms with Crippen molar-refractivity contribution in [2.75, 3.05) is 18.1 Å². The number of imidazole rings is 1. The Balaban J connectivity index is 1.52. The van der Waals surface area contributed by atoms with Crippen LogP contribution in [0.1, 0.15) is 16.5 Å². The van der Waals surface area contributed by atoms with Crippen LogP contribution in [0.4, 0.5) is 5.95 Å². The summed E-state index contributed by atoms with van der Waals surface area (Å²) in [5.41, 5.74) is 1.78. The molecule has 1 fully saturated rings. The molecule has 0 radical (unpaired) electrons. The number of hydrogen-bond acceptors (Lipinski definition) is 7. The number of carbonyl (C=O) groups is 2. The molecule has 1 unspecified atom stereocenters. The monoisotopic (exact) mass is 459 g/mol. The molecule has 1 amide bonds. The lowest BCUT2D eigenvalue weighted by Gasteiger charge is -2.22. The predicted molar refractivity (Wildman–Crippen MR) is 123 cm³/mol. The average molecular weight is 459 g/mol. The molecule has 9 heteroatoms. The minimum absolute atomic E-state index is 0.000385. The van der Waals surface area contributed by atoms with Crippen LogP contribution in [0.25, 0.3) is 16.8 Å². The van der Waals surface area contributed by atoms with Crippen LogP contribution in [-0.4, -0.2) is 40.0 Å². The van der Waals surface area contributed by atoms with Gasteiger partial charge in [0.2, 0.25) is 5.95 Å². The number of rotatable bonds is 3. The number of hydrogen-bond donors (Lipinski definition) is 2. The Bertz CT molecular complexity index is 1410. The number of amides is 1. The number of nitrogens with zero attached hydrogens (tertiary/aromatic N) is 2. The lowest BCUT2D eigenvalue weighted by Crippen LogP contribution is -2.30. The topological polar surface area (TPSA) is 105 Å². The Hall–Kier alpha value is -4.11. The second-order valence-corrected chi connectivity index (χ2v) is 8.60. The smallest absolute Gasteiger partial charge is 0.302 e. The number of benzene rings is 2. The number of aromatic amines is 1. The molecular formula is C24H17N3O5S. The summed E-state index contributed by atoms with van der Waals surface area (Å²) < 4.78 is 11.2. The predicted octanol–water partition coefficient (Wildman–Crippen LogP) is 4.02. The van der Waals surface area contributed by atoms with E-state index in [1.54, 1.807) is 18.2 Å². The van der Waals surface area contributed by atoms with Crippen molar-refractivity contribution in [3.05, 3.63) is 76.0 Å². The fourth-order valence-electron chi connectivity index (χ4n) is 4.17. The third kappa shape index (κ3) is 3.08. The maximum absolute atomic E-state index is 13.2. The highest BCUT2D eigenvalue weighted by Crippen LogP contribution is 2.44. The van der Waals surface area contributed by atoms with E-state index in [0.717, 1.165) is 10.4 Å². The van der Waals surface area contributed by atoms with Crippen molar-refractivity contribution >= 4 is 45.8 Å². The van der Waals surface area contributed by atoms with E-state index in [0.29, 0.717) is 35.8 Å². The largest absolute Gasteiger partial charge is 0.507 e. The van der Waals surface area contributed by atoms with E-state index in [-0.39, 0.29) is 17.3 Å². The standard InChI is InChI=1S/C24H17N3O5S/c28-21(13-7-8-16-17(12-13)32-10-9-31-16)19-20(18-6-3-11-33-18)27(23(30)22(19)29)24-25-14-4-1-2-5-15(14)26-24/h1-8,11-12,20,28H,9-10H2,(H,25,26)/b21-19+. The number of fused-ring (bicyclic) bond motifs is 2. The van der Waals surface area contributed by atoms with Crippen LogP contribution < -0.4 is 14.4 Å². The second-order valence-electron chi connectivity index (χ2n) is 7.62. The molecule has 4 heterocycles. The first-order valence-corrected chi connectivity index (χ1v) is 11.2. The zero-order chi connectivity index (χ0) is 22.5. The molecule has 2 aromatic heterocycles. The maximum Gasteiger partial charge on any atom is 0.302 e. The highest BCUT2D eigenvalue weighted by atomic mass is 32.1. The van der Waals surface area contributed by atoms with Crippen molar-refractivity contribution in [1.82, 2.24) is 9.97 Å². The summed E-state index contributed by atoms with van der Waals surface area (Å²) in [4.78, 5) is 36.1. The lowest BCUT2D eigenvalue weighted by atomic mass is 9.99. The summed E-state index contributed by atoms with van der Waals surface area (Å²) in [7, 11) is 0. The number of thiophene rings is 1. The first kappa shape index (κ1) is 19.6. The number of H-pyrrole nitrogens is 1. The van der Waals surface area contributed by atoms with Crippen molar-refractivity contribution in [3.8, 4) is 11.5 Å². The van der Waals surface area contributed by atoms with Gasteiger partial charge in [0, 0.05) is 10.4 Å². The molecule has 0 spiro atoms. The van der Waals surface area contributed by atoms with Gasteiger partial charge in [0.05, 0.1) is 16.6 Å². The highest BCUT2D eigenvalue weighted by Gasteiger charge is 2.48. The minimum Gasteiger partial charge on any atom is -0.507 e. The number of aliphatic hydroxyl groups excluding tert-OH is 1. The first-order valence-electron chi connectivity index (χ1n) is 10.3. The quantitative estimate of drug-likeness (QED) is 0.272. The molecule has 1 saturated heterocycles. The molecule has 33 heavy (non-hydrogen) atoms. The number of ether oxygens (including phenoxy) is 2. The van der Waals surface area contributed by atoms with Crippen LogP contribution in [0.3, 0.4) is 0 Å². The Morgan fingerprint density at radius 2 is 1.88 bits per heavy atom. The lowest BCUT2D eigenvalue weighted by molar-refractivity contribution is -0.132. The summed E-state index contributed by atoms with van der Waals surface area (Å²) in [5, 5.41) is 13.1. The number of carbonyl (C=O) groups excluding carboxylic acids is 2. The van der Waals surface area contributed by atoms with E-state index >= 15 is 0 Å². The van der Waals surface area contributed by atoms with Crippen LogP contribution in [0.15, 0.2) is 65.6 Å². The van der Waals surface area contributed by atoms with Gasteiger partial charge < -0.3 is 19.6 Å². The average Bonchev–Trinajstić information content (AvgIpc) is 3.57. The number of nitrogens with one attached hydrogen (secondary N) is 1. The van der Waals surface area contributed by atoms with Crippen molar-refractivity contribution in [2.45, 2.75) is 6.04 Å². The van der Waals surface area contributed by atoms with Gasteiger partial charge in [-0.1, -0.05) is 18.2 Å². The first-order chi connectivity index (χ1) is 16.1. The highest BCUT2D eigenvalue weighted by molar-refractivity contribution is 7.10. The van der Waals surface area contributed by atoms with Crippen LogP contribution in [0.5, 0.6) is 11.5 Å². The zero-order valence-corrected chi connectivity index (χ0v) is 18.0. The Kier molecular flexibility index (Phi) is 4.44. The molecule has 2 aromatic carbocycles. The summed E-state index contributed by atoms with van der Waals surface area (Å²) in [6.45, 7) is 0.835. The summed E-state index contributed by atoms with van der Waals surface area (Å²) in [6.07, 6.45) is 0. The molecule has 164 valence electrons. The van der Waals surface area contributed by atoms with Crippen molar-refractivity contribution < 1.29 is 24.2 Å². The number of ketones is 1. The van der Waals surface area contributed by atoms with Crippen LogP contribution in [-0.2, 0) is 9.59 Å². The Morgan fingerprint density at radius 1 is 1.06 bits per heavy atom. The van der Waals surface area contributed by atoms with E-state index in [9.17, 15) is 14.7 Å². The van der Waals surface area contributed by atoms with Gasteiger partial charge in [-0.3, -0.25) is 14.5 Å². The molecule has 2 aliphatic rings. The molecule has 0 saturated carbocycles. The van der Waals surface area contributed by atoms with Gasteiger partial charge in [0.25, 0.3) is 5.78 Å². The van der Waals surface area contributed by atoms with Gasteiger partial charge in [0.1, 0.15) is 25.0 Å². The van der Waals surface area contributed by atoms with E-state index in [2.05, 4.69) is 9.97 Å². The molecule has 6 rings (SSSR count). The molecule has 2 N–H and O–H groups in total. The van der Waals surface area contributed by atoms with Crippen molar-refractivity contribution in [3.63, 3.8) is 0 Å². The Morgan fingerprint density at radius 3 is 2.67 bits per heavy atom. The van der Waals surface area contributed by atoms with E-state index in [4.69, 9.17) is 9.47 Å². The number of aliphatic hydroxyl groups is 1. The normalized spacial score (nSPS) is 19.4. The van der Waals surface area contributed by atoms with Crippen molar-refractivity contribution in [2.24, 2.45) is 0 Å². The summed E-state index contributed by atoms with van der Waals surface area (Å²) >= 11 is 1.39. The number of anilines is 1. The van der Waals surface area contributed by atoms with Gasteiger partial charge in [0.15, 0.2) is 11.5 Å². The van der Waals surface area contributed by atoms with Gasteiger partial charge >= 0.3 is 5.91 Å². The number of aromatic nitrogens is 2.